The van der Waals surface area contributed by atoms with Crippen LogP contribution in [0.2, 0.25) is 0 Å². The maximum Gasteiger partial charge on any atom is 0.358 e. The van der Waals surface area contributed by atoms with Crippen LogP contribution in [0.1, 0.15) is 42.2 Å². The van der Waals surface area contributed by atoms with Crippen molar-refractivity contribution in [2.75, 3.05) is 19.5 Å². The molecule has 0 aliphatic carbocycles. The highest BCUT2D eigenvalue weighted by Crippen LogP contribution is 2.20. The number of alkyl halides is 1. The minimum atomic E-state index is -0.522. The predicted molar refractivity (Wildman–Crippen MR) is 67.2 cm³/mol. The second-order valence-electron chi connectivity index (χ2n) is 4.07. The van der Waals surface area contributed by atoms with Crippen LogP contribution in [0.4, 0.5) is 10.2 Å². The number of carbonyl (C=O) groups is 1. The minimum absolute atomic E-state index is 0.208. The summed E-state index contributed by atoms with van der Waals surface area (Å²) in [7, 11) is 1.29. The Hall–Kier alpha value is -1.59. The zero-order valence-corrected chi connectivity index (χ0v) is 10.9. The molecule has 0 saturated carbocycles. The average Bonchev–Trinajstić information content (AvgIpc) is 2.70. The molecular formula is C12H20FN3O2. The van der Waals surface area contributed by atoms with Crippen LogP contribution in [0.15, 0.2) is 0 Å². The average molecular weight is 257 g/mol. The number of carbonyl (C=O) groups excluding carboxylic acids is 1. The lowest BCUT2D eigenvalue weighted by Crippen LogP contribution is -2.07. The van der Waals surface area contributed by atoms with Crippen LogP contribution >= 0.6 is 0 Å². The maximum absolute atomic E-state index is 12.3. The number of ether oxygens (including phenoxy) is 1. The summed E-state index contributed by atoms with van der Waals surface area (Å²) in [5, 5.41) is 4.17. The molecule has 18 heavy (non-hydrogen) atoms. The maximum atomic E-state index is 12.3. The molecule has 0 unspecified atom stereocenters. The highest BCUT2D eigenvalue weighted by Gasteiger charge is 2.21. The van der Waals surface area contributed by atoms with Crippen molar-refractivity contribution in [3.8, 4) is 0 Å². The van der Waals surface area contributed by atoms with Gasteiger partial charge in [0, 0.05) is 12.1 Å². The molecule has 0 aromatic carbocycles. The number of nitrogens with two attached hydrogens (primary N) is 1. The Morgan fingerprint density at radius 3 is 2.78 bits per heavy atom. The molecule has 0 spiro atoms. The first-order valence-electron chi connectivity index (χ1n) is 6.15. The monoisotopic (exact) mass is 257 g/mol. The van der Waals surface area contributed by atoms with Crippen molar-refractivity contribution >= 4 is 11.8 Å². The molecule has 0 aliphatic heterocycles. The van der Waals surface area contributed by atoms with Gasteiger partial charge in [-0.25, -0.2) is 9.48 Å². The number of anilines is 1. The molecule has 1 heterocycles. The first-order valence-corrected chi connectivity index (χ1v) is 6.15. The second kappa shape index (κ2) is 6.98. The van der Waals surface area contributed by atoms with Gasteiger partial charge in [-0.15, -0.1) is 0 Å². The fraction of sp³-hybridized carbons (Fsp3) is 0.667. The topological polar surface area (TPSA) is 70.1 Å². The van der Waals surface area contributed by atoms with Gasteiger partial charge >= 0.3 is 5.97 Å². The van der Waals surface area contributed by atoms with Crippen LogP contribution in [0, 0.1) is 0 Å². The molecule has 0 aliphatic rings. The number of hydrogen-bond acceptors (Lipinski definition) is 4. The van der Waals surface area contributed by atoms with Gasteiger partial charge < -0.3 is 10.5 Å². The van der Waals surface area contributed by atoms with Crippen molar-refractivity contribution in [2.24, 2.45) is 0 Å². The summed E-state index contributed by atoms with van der Waals surface area (Å²) < 4.78 is 18.5. The number of hydrogen-bond donors (Lipinski definition) is 1. The molecule has 0 atom stereocenters. The van der Waals surface area contributed by atoms with E-state index in [1.165, 1.54) is 7.11 Å². The first kappa shape index (κ1) is 14.5. The van der Waals surface area contributed by atoms with Gasteiger partial charge in [0.1, 0.15) is 5.82 Å². The van der Waals surface area contributed by atoms with E-state index < -0.39 is 12.6 Å². The third kappa shape index (κ3) is 3.21. The quantitative estimate of drug-likeness (QED) is 0.758. The molecule has 102 valence electrons. The number of methoxy groups -OCH3 is 1. The molecule has 5 nitrogen and oxygen atoms in total. The number of unbranched alkanes of at least 4 members (excludes halogenated alkanes) is 1. The lowest BCUT2D eigenvalue weighted by molar-refractivity contribution is 0.0591. The van der Waals surface area contributed by atoms with Crippen molar-refractivity contribution in [1.82, 2.24) is 9.78 Å². The summed E-state index contributed by atoms with van der Waals surface area (Å²) >= 11 is 0. The molecule has 0 bridgehead atoms. The Bertz CT molecular complexity index is 404. The number of aromatic nitrogens is 2. The molecule has 0 radical (unpaired) electrons. The van der Waals surface area contributed by atoms with Crippen LogP contribution in [0.25, 0.3) is 0 Å². The van der Waals surface area contributed by atoms with Crippen molar-refractivity contribution in [1.29, 1.82) is 0 Å². The first-order chi connectivity index (χ1) is 8.65. The molecule has 6 heteroatoms. The minimum Gasteiger partial charge on any atom is -0.464 e. The number of nitrogen functional groups attached to an aromatic ring is 1. The highest BCUT2D eigenvalue weighted by molar-refractivity contribution is 5.90. The van der Waals surface area contributed by atoms with Crippen molar-refractivity contribution in [2.45, 2.75) is 39.2 Å². The van der Waals surface area contributed by atoms with Crippen LogP contribution in [0.5, 0.6) is 0 Å². The molecular weight excluding hydrogens is 237 g/mol. The van der Waals surface area contributed by atoms with Gasteiger partial charge in [0.2, 0.25) is 0 Å². The number of aryl methyl sites for hydroxylation is 1. The third-order valence-corrected chi connectivity index (χ3v) is 2.76. The Balaban J connectivity index is 3.01. The third-order valence-electron chi connectivity index (χ3n) is 2.76. The fourth-order valence-corrected chi connectivity index (χ4v) is 1.74. The van der Waals surface area contributed by atoms with E-state index in [4.69, 9.17) is 5.73 Å². The number of rotatable bonds is 7. The van der Waals surface area contributed by atoms with Gasteiger partial charge in [-0.05, 0) is 19.3 Å². The van der Waals surface area contributed by atoms with E-state index in [1.54, 1.807) is 4.68 Å². The van der Waals surface area contributed by atoms with Crippen LogP contribution in [-0.4, -0.2) is 29.5 Å². The molecule has 0 amide bonds. The van der Waals surface area contributed by atoms with Crippen molar-refractivity contribution in [3.05, 3.63) is 11.3 Å². The lowest BCUT2D eigenvalue weighted by atomic mass is 10.1. The molecule has 0 saturated heterocycles. The van der Waals surface area contributed by atoms with E-state index >= 15 is 0 Å². The van der Waals surface area contributed by atoms with Gasteiger partial charge in [-0.1, -0.05) is 13.3 Å². The Kier molecular flexibility index (Phi) is 5.61. The number of nitrogens with zero attached hydrogens (tertiary/aromatic N) is 2. The lowest BCUT2D eigenvalue weighted by Gasteiger charge is -2.03. The molecule has 1 rings (SSSR count). The van der Waals surface area contributed by atoms with Crippen LogP contribution < -0.4 is 5.73 Å². The number of esters is 1. The fourth-order valence-electron chi connectivity index (χ4n) is 1.74. The van der Waals surface area contributed by atoms with E-state index in [9.17, 15) is 9.18 Å². The van der Waals surface area contributed by atoms with Crippen LogP contribution in [-0.2, 0) is 17.7 Å². The highest BCUT2D eigenvalue weighted by atomic mass is 19.1. The number of halogens is 1. The van der Waals surface area contributed by atoms with Gasteiger partial charge in [0.25, 0.3) is 0 Å². The second-order valence-corrected chi connectivity index (χ2v) is 4.07. The Labute approximate surface area is 106 Å². The summed E-state index contributed by atoms with van der Waals surface area (Å²) in [4.78, 5) is 11.6. The molecule has 1 aromatic rings. The van der Waals surface area contributed by atoms with E-state index in [-0.39, 0.29) is 5.69 Å². The summed E-state index contributed by atoms with van der Waals surface area (Å²) in [6.45, 7) is 2.27. The zero-order valence-electron chi connectivity index (χ0n) is 10.9. The van der Waals surface area contributed by atoms with Gasteiger partial charge in [0.15, 0.2) is 5.69 Å². The Morgan fingerprint density at radius 2 is 2.22 bits per heavy atom. The predicted octanol–water partition coefficient (Wildman–Crippen LogP) is 1.95. The largest absolute Gasteiger partial charge is 0.464 e. The molecule has 0 fully saturated rings. The summed E-state index contributed by atoms with van der Waals surface area (Å²) in [5.74, 6) is -0.0805. The molecule has 2 N–H and O–H groups in total. The van der Waals surface area contributed by atoms with Gasteiger partial charge in [-0.3, -0.25) is 4.39 Å². The van der Waals surface area contributed by atoms with Gasteiger partial charge in [-0.2, -0.15) is 5.10 Å². The van der Waals surface area contributed by atoms with E-state index in [0.29, 0.717) is 30.8 Å². The standard InChI is InChI=1S/C12H20FN3O2/c1-3-4-8-16-11(14)9(6-5-7-13)10(15-16)12(17)18-2/h3-8,14H2,1-2H3. The van der Waals surface area contributed by atoms with E-state index in [1.807, 2.05) is 0 Å². The summed E-state index contributed by atoms with van der Waals surface area (Å²) in [6, 6.07) is 0. The van der Waals surface area contributed by atoms with Crippen molar-refractivity contribution < 1.29 is 13.9 Å². The van der Waals surface area contributed by atoms with E-state index in [2.05, 4.69) is 16.8 Å². The van der Waals surface area contributed by atoms with E-state index in [0.717, 1.165) is 12.8 Å². The zero-order chi connectivity index (χ0) is 13.5. The Morgan fingerprint density at radius 1 is 1.50 bits per heavy atom. The van der Waals surface area contributed by atoms with Crippen molar-refractivity contribution in [3.63, 3.8) is 0 Å². The van der Waals surface area contributed by atoms with Crippen LogP contribution in [0.3, 0.4) is 0 Å². The normalized spacial score (nSPS) is 10.6. The smallest absolute Gasteiger partial charge is 0.358 e. The summed E-state index contributed by atoms with van der Waals surface area (Å²) in [6.07, 6.45) is 2.66. The SMILES string of the molecule is CCCCn1nc(C(=O)OC)c(CCCF)c1N. The van der Waals surface area contributed by atoms with Gasteiger partial charge in [0.05, 0.1) is 13.8 Å². The summed E-state index contributed by atoms with van der Waals surface area (Å²) in [5.41, 5.74) is 6.75. The molecule has 1 aromatic heterocycles.